The molecule has 0 saturated carbocycles. The monoisotopic (exact) mass is 309 g/mol. The standard InChI is InChI=1S/C14H13ClFN3O2/c15-11-6-10(19(20)21)7-12-14(11)13(3-4-17-12)18-5-1-2-9(16)8-18/h3-4,6-7,9H,1-2,5,8H2. The van der Waals surface area contributed by atoms with Crippen molar-refractivity contribution in [2.45, 2.75) is 19.0 Å². The van der Waals surface area contributed by atoms with E-state index in [-0.39, 0.29) is 10.7 Å². The van der Waals surface area contributed by atoms with E-state index in [1.807, 2.05) is 4.90 Å². The highest BCUT2D eigenvalue weighted by Gasteiger charge is 2.22. The first kappa shape index (κ1) is 14.0. The van der Waals surface area contributed by atoms with Crippen LogP contribution >= 0.6 is 11.6 Å². The molecule has 2 aromatic rings. The fraction of sp³-hybridized carbons (Fsp3) is 0.357. The summed E-state index contributed by atoms with van der Waals surface area (Å²) in [6, 6.07) is 4.48. The van der Waals surface area contributed by atoms with Gasteiger partial charge in [-0.2, -0.15) is 0 Å². The molecule has 1 aromatic heterocycles. The van der Waals surface area contributed by atoms with Gasteiger partial charge < -0.3 is 4.90 Å². The van der Waals surface area contributed by atoms with Gasteiger partial charge in [0.05, 0.1) is 15.5 Å². The van der Waals surface area contributed by atoms with Crippen LogP contribution in [0.15, 0.2) is 24.4 Å². The Kier molecular flexibility index (Phi) is 3.63. The molecule has 0 bridgehead atoms. The molecule has 1 atom stereocenters. The number of non-ortho nitro benzene ring substituents is 1. The van der Waals surface area contributed by atoms with Crippen molar-refractivity contribution < 1.29 is 9.31 Å². The maximum atomic E-state index is 13.6. The van der Waals surface area contributed by atoms with Crippen LogP contribution in [0, 0.1) is 10.1 Å². The highest BCUT2D eigenvalue weighted by atomic mass is 35.5. The zero-order chi connectivity index (χ0) is 15.0. The van der Waals surface area contributed by atoms with Gasteiger partial charge in [0.2, 0.25) is 0 Å². The van der Waals surface area contributed by atoms with Crippen molar-refractivity contribution in [1.82, 2.24) is 4.98 Å². The number of hydrogen-bond donors (Lipinski definition) is 0. The number of aromatic nitrogens is 1. The van der Waals surface area contributed by atoms with Gasteiger partial charge in [-0.1, -0.05) is 11.6 Å². The Morgan fingerprint density at radius 2 is 2.29 bits per heavy atom. The summed E-state index contributed by atoms with van der Waals surface area (Å²) < 4.78 is 13.6. The maximum Gasteiger partial charge on any atom is 0.273 e. The van der Waals surface area contributed by atoms with Crippen molar-refractivity contribution in [3.63, 3.8) is 0 Å². The van der Waals surface area contributed by atoms with Gasteiger partial charge in [-0.05, 0) is 18.9 Å². The Hall–Kier alpha value is -1.95. The number of piperidine rings is 1. The fourth-order valence-corrected chi connectivity index (χ4v) is 3.02. The number of nitrogens with zero attached hydrogens (tertiary/aromatic N) is 3. The third kappa shape index (κ3) is 2.63. The number of fused-ring (bicyclic) bond motifs is 1. The minimum atomic E-state index is -0.862. The minimum Gasteiger partial charge on any atom is -0.368 e. The molecule has 0 N–H and O–H groups in total. The second-order valence-corrected chi connectivity index (χ2v) is 5.50. The molecule has 21 heavy (non-hydrogen) atoms. The van der Waals surface area contributed by atoms with E-state index in [1.165, 1.54) is 12.1 Å². The van der Waals surface area contributed by atoms with Gasteiger partial charge in [-0.15, -0.1) is 0 Å². The third-order valence-electron chi connectivity index (χ3n) is 3.67. The molecule has 3 rings (SSSR count). The van der Waals surface area contributed by atoms with E-state index >= 15 is 0 Å². The lowest BCUT2D eigenvalue weighted by molar-refractivity contribution is -0.384. The number of nitro groups is 1. The predicted molar refractivity (Wildman–Crippen MR) is 79.8 cm³/mol. The van der Waals surface area contributed by atoms with Crippen LogP contribution in [0.4, 0.5) is 15.8 Å². The van der Waals surface area contributed by atoms with Crippen molar-refractivity contribution >= 4 is 33.9 Å². The average Bonchev–Trinajstić information content (AvgIpc) is 2.46. The summed E-state index contributed by atoms with van der Waals surface area (Å²) in [5.41, 5.74) is 1.13. The van der Waals surface area contributed by atoms with Crippen LogP contribution in [0.3, 0.4) is 0 Å². The smallest absolute Gasteiger partial charge is 0.273 e. The lowest BCUT2D eigenvalue weighted by Gasteiger charge is -2.31. The molecule has 2 heterocycles. The van der Waals surface area contributed by atoms with E-state index in [2.05, 4.69) is 4.98 Å². The van der Waals surface area contributed by atoms with Gasteiger partial charge in [0.25, 0.3) is 5.69 Å². The van der Waals surface area contributed by atoms with Gasteiger partial charge >= 0.3 is 0 Å². The first-order chi connectivity index (χ1) is 10.1. The number of halogens is 2. The van der Waals surface area contributed by atoms with E-state index in [1.54, 1.807) is 12.3 Å². The largest absolute Gasteiger partial charge is 0.368 e. The Morgan fingerprint density at radius 3 is 3.00 bits per heavy atom. The number of alkyl halides is 1. The second kappa shape index (κ2) is 5.44. The Labute approximate surface area is 125 Å². The Morgan fingerprint density at radius 1 is 1.48 bits per heavy atom. The molecule has 0 radical (unpaired) electrons. The van der Waals surface area contributed by atoms with Gasteiger partial charge in [-0.25, -0.2) is 4.39 Å². The number of nitro benzene ring substituents is 1. The molecule has 0 aliphatic carbocycles. The Balaban J connectivity index is 2.13. The fourth-order valence-electron chi connectivity index (χ4n) is 2.72. The van der Waals surface area contributed by atoms with Gasteiger partial charge in [0.1, 0.15) is 6.17 Å². The molecule has 7 heteroatoms. The summed E-state index contributed by atoms with van der Waals surface area (Å²) in [6.07, 6.45) is 2.05. The van der Waals surface area contributed by atoms with Crippen molar-refractivity contribution in [3.8, 4) is 0 Å². The Bertz CT molecular complexity index is 710. The van der Waals surface area contributed by atoms with E-state index in [0.29, 0.717) is 23.9 Å². The predicted octanol–water partition coefficient (Wildman–Crippen LogP) is 3.73. The molecule has 5 nitrogen and oxygen atoms in total. The van der Waals surface area contributed by atoms with Crippen molar-refractivity contribution in [3.05, 3.63) is 39.5 Å². The normalized spacial score (nSPS) is 19.0. The lowest BCUT2D eigenvalue weighted by Crippen LogP contribution is -2.36. The van der Waals surface area contributed by atoms with Crippen molar-refractivity contribution in [2.75, 3.05) is 18.0 Å². The molecular formula is C14H13ClFN3O2. The van der Waals surface area contributed by atoms with Crippen LogP contribution in [-0.2, 0) is 0 Å². The summed E-state index contributed by atoms with van der Waals surface area (Å²) >= 11 is 6.20. The molecule has 1 aliphatic heterocycles. The molecule has 110 valence electrons. The highest BCUT2D eigenvalue weighted by Crippen LogP contribution is 2.36. The maximum absolute atomic E-state index is 13.6. The summed E-state index contributed by atoms with van der Waals surface area (Å²) in [7, 11) is 0. The molecule has 1 aliphatic rings. The minimum absolute atomic E-state index is 0.0980. The first-order valence-electron chi connectivity index (χ1n) is 6.68. The number of hydrogen-bond acceptors (Lipinski definition) is 4. The van der Waals surface area contributed by atoms with Crippen LogP contribution in [0.25, 0.3) is 10.9 Å². The quantitative estimate of drug-likeness (QED) is 0.626. The molecular weight excluding hydrogens is 297 g/mol. The van der Waals surface area contributed by atoms with Crippen LogP contribution in [0.5, 0.6) is 0 Å². The average molecular weight is 310 g/mol. The summed E-state index contributed by atoms with van der Waals surface area (Å²) in [6.45, 7) is 1.05. The van der Waals surface area contributed by atoms with E-state index in [9.17, 15) is 14.5 Å². The van der Waals surface area contributed by atoms with Crippen LogP contribution in [-0.4, -0.2) is 29.2 Å². The number of benzene rings is 1. The van der Waals surface area contributed by atoms with Crippen molar-refractivity contribution in [2.24, 2.45) is 0 Å². The summed E-state index contributed by atoms with van der Waals surface area (Å²) in [5.74, 6) is 0. The number of pyridine rings is 1. The van der Waals surface area contributed by atoms with E-state index in [0.717, 1.165) is 18.7 Å². The first-order valence-corrected chi connectivity index (χ1v) is 7.05. The molecule has 0 amide bonds. The highest BCUT2D eigenvalue weighted by molar-refractivity contribution is 6.36. The summed E-state index contributed by atoms with van der Waals surface area (Å²) in [4.78, 5) is 16.5. The SMILES string of the molecule is O=[N+]([O-])c1cc(Cl)c2c(N3CCCC(F)C3)ccnc2c1. The van der Waals surface area contributed by atoms with Crippen LogP contribution in [0.1, 0.15) is 12.8 Å². The van der Waals surface area contributed by atoms with Crippen LogP contribution in [0.2, 0.25) is 5.02 Å². The second-order valence-electron chi connectivity index (χ2n) is 5.09. The van der Waals surface area contributed by atoms with Crippen LogP contribution < -0.4 is 4.90 Å². The zero-order valence-corrected chi connectivity index (χ0v) is 11.9. The topological polar surface area (TPSA) is 59.3 Å². The molecule has 1 aromatic carbocycles. The van der Waals surface area contributed by atoms with E-state index < -0.39 is 11.1 Å². The van der Waals surface area contributed by atoms with Gasteiger partial charge in [0, 0.05) is 42.5 Å². The third-order valence-corrected chi connectivity index (χ3v) is 3.97. The molecule has 1 saturated heterocycles. The lowest BCUT2D eigenvalue weighted by atomic mass is 10.1. The van der Waals surface area contributed by atoms with Gasteiger partial charge in [-0.3, -0.25) is 15.1 Å². The molecule has 1 unspecified atom stereocenters. The number of anilines is 1. The summed E-state index contributed by atoms with van der Waals surface area (Å²) in [5, 5.41) is 11.8. The zero-order valence-electron chi connectivity index (χ0n) is 11.1. The van der Waals surface area contributed by atoms with Gasteiger partial charge in [0.15, 0.2) is 0 Å². The number of rotatable bonds is 2. The van der Waals surface area contributed by atoms with Crippen molar-refractivity contribution in [1.29, 1.82) is 0 Å². The molecule has 0 spiro atoms. The molecule has 1 fully saturated rings. The van der Waals surface area contributed by atoms with E-state index in [4.69, 9.17) is 11.6 Å².